The van der Waals surface area contributed by atoms with E-state index in [9.17, 15) is 23.6 Å². The third-order valence-corrected chi connectivity index (χ3v) is 5.39. The summed E-state index contributed by atoms with van der Waals surface area (Å²) < 4.78 is 24.7. The Balaban J connectivity index is 1.35. The van der Waals surface area contributed by atoms with Crippen LogP contribution in [0.25, 0.3) is 11.0 Å². The van der Waals surface area contributed by atoms with Crippen LogP contribution in [0.3, 0.4) is 0 Å². The molecule has 1 aliphatic rings. The second-order valence-corrected chi connectivity index (χ2v) is 7.56. The highest BCUT2D eigenvalue weighted by Crippen LogP contribution is 2.32. The molecule has 5 rings (SSSR count). The molecule has 0 atom stereocenters. The third kappa shape index (κ3) is 3.62. The van der Waals surface area contributed by atoms with Gasteiger partial charge in [-0.15, -0.1) is 5.10 Å². The Bertz CT molecular complexity index is 1560. The number of hydrogen-bond donors (Lipinski definition) is 0. The SMILES string of the molecule is COc1ccc2c(c1)C(=O)C(=O)N2Cc1cn(CC(=O)c2cc3ccc(F)cc3oc2=O)nn1. The number of nitrogens with zero attached hydrogens (tertiary/aromatic N) is 4. The fraction of sp³-hybridized carbons (Fsp3) is 0.130. The maximum absolute atomic E-state index is 13.3. The molecule has 0 N–H and O–H groups in total. The number of ether oxygens (including phenoxy) is 1. The van der Waals surface area contributed by atoms with Gasteiger partial charge in [-0.1, -0.05) is 5.21 Å². The minimum absolute atomic E-state index is 0.0346. The molecule has 11 heteroatoms. The smallest absolute Gasteiger partial charge is 0.347 e. The molecule has 0 fully saturated rings. The van der Waals surface area contributed by atoms with Crippen molar-refractivity contribution in [3.63, 3.8) is 0 Å². The van der Waals surface area contributed by atoms with E-state index in [0.717, 1.165) is 6.07 Å². The van der Waals surface area contributed by atoms with E-state index in [1.165, 1.54) is 47.2 Å². The topological polar surface area (TPSA) is 125 Å². The lowest BCUT2D eigenvalue weighted by Crippen LogP contribution is -2.29. The summed E-state index contributed by atoms with van der Waals surface area (Å²) in [5.74, 6) is -2.06. The van der Waals surface area contributed by atoms with Gasteiger partial charge in [-0.05, 0) is 36.4 Å². The third-order valence-electron chi connectivity index (χ3n) is 5.39. The number of benzene rings is 2. The molecule has 1 amide bonds. The van der Waals surface area contributed by atoms with E-state index in [1.807, 2.05) is 0 Å². The second kappa shape index (κ2) is 8.03. The predicted octanol–water partition coefficient (Wildman–Crippen LogP) is 2.14. The van der Waals surface area contributed by atoms with Gasteiger partial charge in [0.2, 0.25) is 0 Å². The Morgan fingerprint density at radius 3 is 2.74 bits per heavy atom. The largest absolute Gasteiger partial charge is 0.497 e. The van der Waals surface area contributed by atoms with Crippen molar-refractivity contribution in [1.82, 2.24) is 15.0 Å². The molecule has 170 valence electrons. The molecule has 0 radical (unpaired) electrons. The lowest BCUT2D eigenvalue weighted by molar-refractivity contribution is -0.114. The number of halogens is 1. The van der Waals surface area contributed by atoms with Gasteiger partial charge in [0.05, 0.1) is 31.1 Å². The summed E-state index contributed by atoms with van der Waals surface area (Å²) in [6.45, 7) is -0.354. The van der Waals surface area contributed by atoms with Crippen molar-refractivity contribution in [2.24, 2.45) is 0 Å². The van der Waals surface area contributed by atoms with E-state index in [0.29, 0.717) is 22.5 Å². The highest BCUT2D eigenvalue weighted by molar-refractivity contribution is 6.52. The van der Waals surface area contributed by atoms with Crippen molar-refractivity contribution in [3.8, 4) is 5.75 Å². The van der Waals surface area contributed by atoms with Crippen LogP contribution >= 0.6 is 0 Å². The first-order valence-corrected chi connectivity index (χ1v) is 10.0. The van der Waals surface area contributed by atoms with Crippen LogP contribution < -0.4 is 15.3 Å². The lowest BCUT2D eigenvalue weighted by Gasteiger charge is -2.14. The van der Waals surface area contributed by atoms with Gasteiger partial charge >= 0.3 is 5.63 Å². The zero-order valence-corrected chi connectivity index (χ0v) is 17.6. The monoisotopic (exact) mass is 462 g/mol. The van der Waals surface area contributed by atoms with Crippen molar-refractivity contribution >= 4 is 34.1 Å². The highest BCUT2D eigenvalue weighted by atomic mass is 19.1. The van der Waals surface area contributed by atoms with Crippen LogP contribution in [0.1, 0.15) is 26.4 Å². The minimum atomic E-state index is -0.892. The zero-order valence-electron chi connectivity index (χ0n) is 17.6. The van der Waals surface area contributed by atoms with Gasteiger partial charge in [0.15, 0.2) is 5.78 Å². The van der Waals surface area contributed by atoms with E-state index in [-0.39, 0.29) is 29.8 Å². The molecular formula is C23H15FN4O6. The number of amides is 1. The van der Waals surface area contributed by atoms with Gasteiger partial charge in [-0.3, -0.25) is 19.3 Å². The average Bonchev–Trinajstić information content (AvgIpc) is 3.36. The molecular weight excluding hydrogens is 447 g/mol. The van der Waals surface area contributed by atoms with Crippen LogP contribution in [0, 0.1) is 5.82 Å². The number of fused-ring (bicyclic) bond motifs is 2. The lowest BCUT2D eigenvalue weighted by atomic mass is 10.1. The van der Waals surface area contributed by atoms with Crippen molar-refractivity contribution in [3.05, 3.63) is 81.7 Å². The molecule has 0 spiro atoms. The molecule has 0 aliphatic carbocycles. The second-order valence-electron chi connectivity index (χ2n) is 7.56. The quantitative estimate of drug-likeness (QED) is 0.243. The molecule has 3 heterocycles. The van der Waals surface area contributed by atoms with E-state index in [4.69, 9.17) is 9.15 Å². The molecule has 2 aromatic carbocycles. The average molecular weight is 462 g/mol. The fourth-order valence-electron chi connectivity index (χ4n) is 3.73. The Morgan fingerprint density at radius 2 is 1.94 bits per heavy atom. The first kappa shape index (κ1) is 21.2. The Kier molecular flexibility index (Phi) is 5.01. The summed E-state index contributed by atoms with van der Waals surface area (Å²) in [4.78, 5) is 50.9. The molecule has 0 saturated heterocycles. The first-order valence-electron chi connectivity index (χ1n) is 10.0. The van der Waals surface area contributed by atoms with Crippen molar-refractivity contribution in [2.75, 3.05) is 12.0 Å². The van der Waals surface area contributed by atoms with Crippen LogP contribution in [0.5, 0.6) is 5.75 Å². The fourth-order valence-corrected chi connectivity index (χ4v) is 3.73. The summed E-state index contributed by atoms with van der Waals surface area (Å²) >= 11 is 0. The van der Waals surface area contributed by atoms with Gasteiger partial charge < -0.3 is 9.15 Å². The molecule has 0 unspecified atom stereocenters. The van der Waals surface area contributed by atoms with Crippen molar-refractivity contribution in [1.29, 1.82) is 0 Å². The van der Waals surface area contributed by atoms with E-state index in [1.54, 1.807) is 12.1 Å². The zero-order chi connectivity index (χ0) is 24.0. The summed E-state index contributed by atoms with van der Waals surface area (Å²) in [6, 6.07) is 9.73. The number of anilines is 1. The van der Waals surface area contributed by atoms with Crippen molar-refractivity contribution < 1.29 is 27.9 Å². The summed E-state index contributed by atoms with van der Waals surface area (Å²) in [6.07, 6.45) is 1.44. The van der Waals surface area contributed by atoms with Gasteiger partial charge in [0.1, 0.15) is 35.0 Å². The molecule has 34 heavy (non-hydrogen) atoms. The normalized spacial score (nSPS) is 12.9. The maximum Gasteiger partial charge on any atom is 0.347 e. The van der Waals surface area contributed by atoms with Gasteiger partial charge in [0, 0.05) is 11.5 Å². The predicted molar refractivity (Wildman–Crippen MR) is 115 cm³/mol. The van der Waals surface area contributed by atoms with E-state index in [2.05, 4.69) is 10.3 Å². The van der Waals surface area contributed by atoms with Gasteiger partial charge in [-0.25, -0.2) is 13.9 Å². The molecule has 2 aromatic heterocycles. The van der Waals surface area contributed by atoms with E-state index >= 15 is 0 Å². The number of ketones is 2. The Labute approximate surface area is 190 Å². The number of carbonyl (C=O) groups is 3. The number of carbonyl (C=O) groups excluding carboxylic acids is 3. The van der Waals surface area contributed by atoms with Crippen LogP contribution in [0.4, 0.5) is 10.1 Å². The number of rotatable bonds is 6. The van der Waals surface area contributed by atoms with Gasteiger partial charge in [-0.2, -0.15) is 0 Å². The standard InChI is InChI=1S/C23H15FN4O6/c1-33-15-4-5-18-16(8-15)21(30)22(31)28(18)10-14-9-27(26-25-14)11-19(29)17-6-12-2-3-13(24)7-20(12)34-23(17)32/h2-9H,10-11H2,1H3. The number of aromatic nitrogens is 3. The number of Topliss-reactive ketones (excluding diaryl/α,β-unsaturated/α-hetero) is 2. The molecule has 0 saturated carbocycles. The first-order chi connectivity index (χ1) is 16.3. The van der Waals surface area contributed by atoms with Crippen LogP contribution in [-0.4, -0.2) is 39.6 Å². The van der Waals surface area contributed by atoms with Gasteiger partial charge in [0.25, 0.3) is 11.7 Å². The summed E-state index contributed by atoms with van der Waals surface area (Å²) in [7, 11) is 1.46. The number of hydrogen-bond acceptors (Lipinski definition) is 8. The molecule has 4 aromatic rings. The molecule has 0 bridgehead atoms. The molecule has 1 aliphatic heterocycles. The van der Waals surface area contributed by atoms with Crippen LogP contribution in [0.15, 0.2) is 57.9 Å². The highest BCUT2D eigenvalue weighted by Gasteiger charge is 2.36. The summed E-state index contributed by atoms with van der Waals surface area (Å²) in [5.41, 5.74) is -0.0802. The Morgan fingerprint density at radius 1 is 1.12 bits per heavy atom. The molecule has 10 nitrogen and oxygen atoms in total. The number of methoxy groups -OCH3 is 1. The van der Waals surface area contributed by atoms with E-state index < -0.39 is 28.9 Å². The maximum atomic E-state index is 13.3. The van der Waals surface area contributed by atoms with Crippen LogP contribution in [-0.2, 0) is 17.9 Å². The summed E-state index contributed by atoms with van der Waals surface area (Å²) in [5, 5.41) is 8.24. The van der Waals surface area contributed by atoms with Crippen molar-refractivity contribution in [2.45, 2.75) is 13.1 Å². The minimum Gasteiger partial charge on any atom is -0.497 e. The van der Waals surface area contributed by atoms with Crippen LogP contribution in [0.2, 0.25) is 0 Å². The Hall–Kier alpha value is -4.67.